The number of aliphatic hydroxyl groups is 1. The first-order chi connectivity index (χ1) is 8.11. The topological polar surface area (TPSA) is 36.4 Å². The Morgan fingerprint density at radius 3 is 2.71 bits per heavy atom. The molecule has 3 nitrogen and oxygen atoms in total. The van der Waals surface area contributed by atoms with Crippen LogP contribution < -0.4 is 4.90 Å². The van der Waals surface area contributed by atoms with Crippen molar-refractivity contribution in [1.29, 1.82) is 0 Å². The maximum atomic E-state index is 9.70. The van der Waals surface area contributed by atoms with Crippen molar-refractivity contribution in [3.63, 3.8) is 0 Å². The Bertz CT molecular complexity index is 363. The van der Waals surface area contributed by atoms with Gasteiger partial charge in [-0.1, -0.05) is 13.8 Å². The summed E-state index contributed by atoms with van der Waals surface area (Å²) in [5, 5.41) is 9.70. The Morgan fingerprint density at radius 1 is 1.47 bits per heavy atom. The van der Waals surface area contributed by atoms with E-state index in [4.69, 9.17) is 0 Å². The lowest BCUT2D eigenvalue weighted by atomic mass is 10.1. The fourth-order valence-electron chi connectivity index (χ4n) is 2.63. The molecule has 1 aromatic rings. The van der Waals surface area contributed by atoms with Crippen LogP contribution in [0.25, 0.3) is 0 Å². The fraction of sp³-hybridized carbons (Fsp3) is 0.643. The first kappa shape index (κ1) is 12.4. The molecule has 0 aliphatic carbocycles. The third kappa shape index (κ3) is 2.60. The minimum absolute atomic E-state index is 0.432. The third-order valence-corrected chi connectivity index (χ3v) is 3.61. The molecule has 3 unspecified atom stereocenters. The van der Waals surface area contributed by atoms with Gasteiger partial charge in [-0.25, -0.2) is 0 Å². The molecule has 0 radical (unpaired) electrons. The highest BCUT2D eigenvalue weighted by molar-refractivity contribution is 5.47. The molecule has 1 N–H and O–H groups in total. The molecule has 0 aromatic carbocycles. The summed E-state index contributed by atoms with van der Waals surface area (Å²) in [5.41, 5.74) is 1.95. The zero-order valence-electron chi connectivity index (χ0n) is 10.9. The lowest BCUT2D eigenvalue weighted by Gasteiger charge is -2.23. The van der Waals surface area contributed by atoms with Crippen LogP contribution in [-0.2, 0) is 0 Å². The Morgan fingerprint density at radius 2 is 2.24 bits per heavy atom. The van der Waals surface area contributed by atoms with Crippen molar-refractivity contribution in [1.82, 2.24) is 4.98 Å². The molecule has 0 bridgehead atoms. The second-order valence-corrected chi connectivity index (χ2v) is 5.21. The summed E-state index contributed by atoms with van der Waals surface area (Å²) in [7, 11) is 0. The number of hydrogen-bond donors (Lipinski definition) is 1. The number of rotatable bonds is 3. The van der Waals surface area contributed by atoms with Gasteiger partial charge in [-0.3, -0.25) is 4.98 Å². The van der Waals surface area contributed by atoms with Crippen molar-refractivity contribution >= 4 is 5.69 Å². The van der Waals surface area contributed by atoms with E-state index in [1.807, 2.05) is 19.2 Å². The molecule has 3 atom stereocenters. The smallest absolute Gasteiger partial charge is 0.0957 e. The molecule has 3 heteroatoms. The van der Waals surface area contributed by atoms with Crippen molar-refractivity contribution in [3.8, 4) is 0 Å². The number of anilines is 1. The van der Waals surface area contributed by atoms with Crippen LogP contribution in [0.2, 0.25) is 0 Å². The van der Waals surface area contributed by atoms with Gasteiger partial charge in [0.15, 0.2) is 0 Å². The van der Waals surface area contributed by atoms with Crippen LogP contribution in [0.4, 0.5) is 5.69 Å². The zero-order valence-corrected chi connectivity index (χ0v) is 10.9. The first-order valence-electron chi connectivity index (χ1n) is 6.52. The van der Waals surface area contributed by atoms with Crippen LogP contribution in [0.5, 0.6) is 0 Å². The predicted octanol–water partition coefficient (Wildman–Crippen LogP) is 2.76. The summed E-state index contributed by atoms with van der Waals surface area (Å²) >= 11 is 0. The van der Waals surface area contributed by atoms with Crippen LogP contribution >= 0.6 is 0 Å². The number of aromatic nitrogens is 1. The van der Waals surface area contributed by atoms with Gasteiger partial charge in [-0.15, -0.1) is 0 Å². The van der Waals surface area contributed by atoms with Gasteiger partial charge in [-0.05, 0) is 37.8 Å². The highest BCUT2D eigenvalue weighted by Gasteiger charge is 2.26. The van der Waals surface area contributed by atoms with Crippen molar-refractivity contribution in [3.05, 3.63) is 24.0 Å². The zero-order chi connectivity index (χ0) is 12.4. The molecule has 0 amide bonds. The van der Waals surface area contributed by atoms with E-state index >= 15 is 0 Å². The molecule has 1 saturated heterocycles. The molecule has 2 rings (SSSR count). The predicted molar refractivity (Wildman–Crippen MR) is 70.1 cm³/mol. The highest BCUT2D eigenvalue weighted by Crippen LogP contribution is 2.28. The van der Waals surface area contributed by atoms with Gasteiger partial charge >= 0.3 is 0 Å². The average Bonchev–Trinajstić information content (AvgIpc) is 2.68. The van der Waals surface area contributed by atoms with Crippen molar-refractivity contribution in [2.75, 3.05) is 11.4 Å². The van der Waals surface area contributed by atoms with E-state index in [1.165, 1.54) is 12.1 Å². The summed E-state index contributed by atoms with van der Waals surface area (Å²) in [4.78, 5) is 6.76. The molecule has 17 heavy (non-hydrogen) atoms. The molecule has 94 valence electrons. The summed E-state index contributed by atoms with van der Waals surface area (Å²) in [5.74, 6) is 0.755. The Kier molecular flexibility index (Phi) is 3.67. The summed E-state index contributed by atoms with van der Waals surface area (Å²) in [6, 6.07) is 4.61. The van der Waals surface area contributed by atoms with Gasteiger partial charge in [0.2, 0.25) is 0 Å². The second-order valence-electron chi connectivity index (χ2n) is 5.21. The maximum Gasteiger partial charge on any atom is 0.0957 e. The van der Waals surface area contributed by atoms with Crippen LogP contribution in [-0.4, -0.2) is 22.7 Å². The minimum Gasteiger partial charge on any atom is -0.387 e. The number of hydrogen-bond acceptors (Lipinski definition) is 3. The largest absolute Gasteiger partial charge is 0.387 e. The lowest BCUT2D eigenvalue weighted by Crippen LogP contribution is -2.26. The monoisotopic (exact) mass is 234 g/mol. The summed E-state index contributed by atoms with van der Waals surface area (Å²) in [6.07, 6.45) is 3.42. The summed E-state index contributed by atoms with van der Waals surface area (Å²) in [6.45, 7) is 7.63. The molecular weight excluding hydrogens is 212 g/mol. The van der Waals surface area contributed by atoms with E-state index in [9.17, 15) is 5.11 Å². The maximum absolute atomic E-state index is 9.70. The number of nitrogens with zero attached hydrogens (tertiary/aromatic N) is 2. The fourth-order valence-corrected chi connectivity index (χ4v) is 2.63. The second kappa shape index (κ2) is 5.05. The molecular formula is C14H22N2O. The van der Waals surface area contributed by atoms with E-state index in [0.717, 1.165) is 18.2 Å². The Balaban J connectivity index is 2.13. The Hall–Kier alpha value is -1.09. The first-order valence-corrected chi connectivity index (χ1v) is 6.52. The molecule has 1 fully saturated rings. The van der Waals surface area contributed by atoms with E-state index in [0.29, 0.717) is 12.5 Å². The number of pyridine rings is 1. The molecule has 1 aromatic heterocycles. The average molecular weight is 234 g/mol. The molecule has 1 aliphatic rings. The SMILES string of the molecule is CCC(O)c1ccc(N2CC(C)CC2C)cn1. The standard InChI is InChI=1S/C14H22N2O/c1-4-14(17)13-6-5-12(8-15-13)16-9-10(2)7-11(16)3/h5-6,8,10-11,14,17H,4,7,9H2,1-3H3. The van der Waals surface area contributed by atoms with E-state index in [-0.39, 0.29) is 0 Å². The van der Waals surface area contributed by atoms with Gasteiger partial charge in [-0.2, -0.15) is 0 Å². The van der Waals surface area contributed by atoms with E-state index < -0.39 is 6.10 Å². The van der Waals surface area contributed by atoms with Gasteiger partial charge in [0, 0.05) is 12.6 Å². The normalized spacial score (nSPS) is 26.2. The van der Waals surface area contributed by atoms with E-state index in [1.54, 1.807) is 0 Å². The van der Waals surface area contributed by atoms with Gasteiger partial charge in [0.25, 0.3) is 0 Å². The van der Waals surface area contributed by atoms with Crippen molar-refractivity contribution < 1.29 is 5.11 Å². The van der Waals surface area contributed by atoms with E-state index in [2.05, 4.69) is 29.8 Å². The highest BCUT2D eigenvalue weighted by atomic mass is 16.3. The lowest BCUT2D eigenvalue weighted by molar-refractivity contribution is 0.169. The van der Waals surface area contributed by atoms with Crippen LogP contribution in [0.3, 0.4) is 0 Å². The van der Waals surface area contributed by atoms with Gasteiger partial charge in [0.05, 0.1) is 23.7 Å². The van der Waals surface area contributed by atoms with Gasteiger partial charge < -0.3 is 10.0 Å². The quantitative estimate of drug-likeness (QED) is 0.873. The van der Waals surface area contributed by atoms with Gasteiger partial charge in [0.1, 0.15) is 0 Å². The van der Waals surface area contributed by atoms with Crippen molar-refractivity contribution in [2.45, 2.75) is 45.8 Å². The Labute approximate surface area is 103 Å². The van der Waals surface area contributed by atoms with Crippen LogP contribution in [0.1, 0.15) is 45.4 Å². The third-order valence-electron chi connectivity index (χ3n) is 3.61. The van der Waals surface area contributed by atoms with Crippen LogP contribution in [0, 0.1) is 5.92 Å². The number of aliphatic hydroxyl groups excluding tert-OH is 1. The minimum atomic E-state index is -0.432. The van der Waals surface area contributed by atoms with Crippen LogP contribution in [0.15, 0.2) is 18.3 Å². The molecule has 0 spiro atoms. The molecule has 0 saturated carbocycles. The molecule has 2 heterocycles. The van der Waals surface area contributed by atoms with Crippen molar-refractivity contribution in [2.24, 2.45) is 5.92 Å². The summed E-state index contributed by atoms with van der Waals surface area (Å²) < 4.78 is 0. The molecule has 1 aliphatic heterocycles.